The Morgan fingerprint density at radius 1 is 0.951 bits per heavy atom. The zero-order valence-electron chi connectivity index (χ0n) is 22.5. The molecule has 0 saturated heterocycles. The zero-order chi connectivity index (χ0) is 28.8. The van der Waals surface area contributed by atoms with Crippen LogP contribution in [-0.4, -0.2) is 36.4 Å². The number of para-hydroxylation sites is 1. The first-order chi connectivity index (χ1) is 19.1. The lowest BCUT2D eigenvalue weighted by atomic mass is 10.1. The maximum atomic E-state index is 12.9. The summed E-state index contributed by atoms with van der Waals surface area (Å²) in [6, 6.07) is 18.9. The van der Waals surface area contributed by atoms with Gasteiger partial charge in [0.1, 0.15) is 17.9 Å². The number of nitrogens with zero attached hydrogens (tertiary/aromatic N) is 2. The van der Waals surface area contributed by atoms with Gasteiger partial charge in [-0.1, -0.05) is 47.5 Å². The van der Waals surface area contributed by atoms with Crippen molar-refractivity contribution >= 4 is 81.4 Å². The maximum absolute atomic E-state index is 12.9. The van der Waals surface area contributed by atoms with E-state index in [-0.39, 0.29) is 36.5 Å². The van der Waals surface area contributed by atoms with Crippen molar-refractivity contribution in [1.82, 2.24) is 10.3 Å². The highest BCUT2D eigenvalue weighted by Crippen LogP contribution is 2.35. The molecule has 4 amide bonds. The normalized spacial score (nSPS) is 10.4. The number of carbonyl (C=O) groups excluding carboxylic acids is 3. The van der Waals surface area contributed by atoms with Gasteiger partial charge < -0.3 is 25.6 Å². The van der Waals surface area contributed by atoms with Crippen LogP contribution in [0.2, 0.25) is 10.0 Å². The van der Waals surface area contributed by atoms with Gasteiger partial charge in [-0.05, 0) is 49.4 Å². The van der Waals surface area contributed by atoms with Crippen molar-refractivity contribution in [3.8, 4) is 5.75 Å². The molecule has 3 aromatic carbocycles. The van der Waals surface area contributed by atoms with Gasteiger partial charge in [0, 0.05) is 47.0 Å². The Balaban J connectivity index is 0.00000462. The first-order valence-electron chi connectivity index (χ1n) is 12.3. The molecule has 1 aromatic heterocycles. The van der Waals surface area contributed by atoms with Crippen molar-refractivity contribution < 1.29 is 19.1 Å². The van der Waals surface area contributed by atoms with Crippen LogP contribution in [0.25, 0.3) is 10.9 Å². The van der Waals surface area contributed by atoms with Gasteiger partial charge in [0.05, 0.1) is 17.3 Å². The van der Waals surface area contributed by atoms with E-state index in [0.29, 0.717) is 33.4 Å². The molecule has 0 radical (unpaired) electrons. The Kier molecular flexibility index (Phi) is 10.8. The fraction of sp³-hybridized carbons (Fsp3) is 0.172. The van der Waals surface area contributed by atoms with E-state index in [4.69, 9.17) is 27.9 Å². The topological polar surface area (TPSA) is 113 Å². The molecular formula is C29H28Cl3N5O4. The number of amides is 4. The number of hydrogen-bond acceptors (Lipinski definition) is 5. The molecule has 9 nitrogen and oxygen atoms in total. The highest BCUT2D eigenvalue weighted by molar-refractivity contribution is 6.38. The third kappa shape index (κ3) is 8.00. The molecule has 3 N–H and O–H groups in total. The number of nitrogens with one attached hydrogen (secondary N) is 3. The van der Waals surface area contributed by atoms with E-state index in [0.717, 1.165) is 16.6 Å². The van der Waals surface area contributed by atoms with Gasteiger partial charge in [-0.3, -0.25) is 9.59 Å². The minimum Gasteiger partial charge on any atom is -0.487 e. The number of rotatable bonds is 8. The molecule has 0 fully saturated rings. The van der Waals surface area contributed by atoms with Gasteiger partial charge in [-0.15, -0.1) is 12.4 Å². The summed E-state index contributed by atoms with van der Waals surface area (Å²) in [6.07, 6.45) is 0. The van der Waals surface area contributed by atoms with Crippen LogP contribution in [0, 0.1) is 6.92 Å². The molecule has 0 aliphatic carbocycles. The van der Waals surface area contributed by atoms with Crippen molar-refractivity contribution in [2.24, 2.45) is 0 Å². The van der Waals surface area contributed by atoms with E-state index in [9.17, 15) is 14.4 Å². The Morgan fingerprint density at radius 3 is 2.39 bits per heavy atom. The molecule has 0 spiro atoms. The van der Waals surface area contributed by atoms with Gasteiger partial charge >= 0.3 is 6.03 Å². The van der Waals surface area contributed by atoms with Crippen molar-refractivity contribution in [3.63, 3.8) is 0 Å². The quantitative estimate of drug-likeness (QED) is 0.207. The summed E-state index contributed by atoms with van der Waals surface area (Å²) in [5.41, 5.74) is 3.49. The Bertz CT molecular complexity index is 1600. The number of pyridine rings is 1. The third-order valence-electron chi connectivity index (χ3n) is 5.94. The van der Waals surface area contributed by atoms with Crippen LogP contribution in [-0.2, 0) is 16.2 Å². The van der Waals surface area contributed by atoms with Crippen LogP contribution in [0.1, 0.15) is 18.2 Å². The molecule has 12 heteroatoms. The summed E-state index contributed by atoms with van der Waals surface area (Å²) < 4.78 is 6.06. The maximum Gasteiger partial charge on any atom is 0.319 e. The molecule has 4 rings (SSSR count). The van der Waals surface area contributed by atoms with Crippen molar-refractivity contribution in [2.45, 2.75) is 20.5 Å². The lowest BCUT2D eigenvalue weighted by Crippen LogP contribution is -2.40. The van der Waals surface area contributed by atoms with E-state index in [1.54, 1.807) is 43.4 Å². The number of likely N-dealkylation sites (N-methyl/N-ethyl adjacent to an activating group) is 1. The number of aryl methyl sites for hydroxylation is 1. The van der Waals surface area contributed by atoms with Crippen LogP contribution in [0.3, 0.4) is 0 Å². The van der Waals surface area contributed by atoms with Crippen LogP contribution in [0.5, 0.6) is 5.75 Å². The molecule has 0 bridgehead atoms. The van der Waals surface area contributed by atoms with Gasteiger partial charge in [0.15, 0.2) is 0 Å². The lowest BCUT2D eigenvalue weighted by molar-refractivity contribution is -0.117. The first kappa shape index (κ1) is 31.5. The Labute approximate surface area is 253 Å². The van der Waals surface area contributed by atoms with E-state index in [1.165, 1.54) is 11.8 Å². The lowest BCUT2D eigenvalue weighted by Gasteiger charge is -2.21. The Hall–Kier alpha value is -4.05. The molecule has 1 heterocycles. The molecule has 0 atom stereocenters. The fourth-order valence-electron chi connectivity index (χ4n) is 3.92. The minimum atomic E-state index is -0.586. The smallest absolute Gasteiger partial charge is 0.319 e. The molecule has 0 unspecified atom stereocenters. The number of hydrogen-bond donors (Lipinski definition) is 3. The monoisotopic (exact) mass is 615 g/mol. The van der Waals surface area contributed by atoms with Crippen molar-refractivity contribution in [2.75, 3.05) is 29.1 Å². The number of ether oxygens (including phenoxy) is 1. The van der Waals surface area contributed by atoms with E-state index >= 15 is 0 Å². The van der Waals surface area contributed by atoms with Crippen LogP contribution in [0.15, 0.2) is 66.7 Å². The minimum absolute atomic E-state index is 0. The number of carbonyl (C=O) groups is 3. The summed E-state index contributed by atoms with van der Waals surface area (Å²) in [5, 5.41) is 9.38. The van der Waals surface area contributed by atoms with E-state index < -0.39 is 11.9 Å². The molecular weight excluding hydrogens is 589 g/mol. The SMILES string of the molecule is CC(=O)Nc1cccc(NC(=O)NCC(=O)N(C)c2ccc(Cl)c(COc3cccc4ccc(C)nc34)c2Cl)c1.Cl. The number of halogens is 3. The number of benzene rings is 3. The fourth-order valence-corrected chi connectivity index (χ4v) is 4.53. The summed E-state index contributed by atoms with van der Waals surface area (Å²) in [5.74, 6) is -0.0561. The van der Waals surface area contributed by atoms with Crippen LogP contribution >= 0.6 is 35.6 Å². The second kappa shape index (κ2) is 14.0. The first-order valence-corrected chi connectivity index (χ1v) is 13.0. The van der Waals surface area contributed by atoms with E-state index in [1.807, 2.05) is 37.3 Å². The van der Waals surface area contributed by atoms with Gasteiger partial charge in [-0.25, -0.2) is 9.78 Å². The highest BCUT2D eigenvalue weighted by atomic mass is 35.5. The third-order valence-corrected chi connectivity index (χ3v) is 6.71. The number of urea groups is 1. The highest BCUT2D eigenvalue weighted by Gasteiger charge is 2.19. The summed E-state index contributed by atoms with van der Waals surface area (Å²) in [6.45, 7) is 3.06. The zero-order valence-corrected chi connectivity index (χ0v) is 24.8. The van der Waals surface area contributed by atoms with Gasteiger partial charge in [0.25, 0.3) is 0 Å². The van der Waals surface area contributed by atoms with Crippen molar-refractivity contribution in [3.05, 3.63) is 88.0 Å². The largest absolute Gasteiger partial charge is 0.487 e. The summed E-state index contributed by atoms with van der Waals surface area (Å²) in [7, 11) is 1.55. The van der Waals surface area contributed by atoms with Crippen LogP contribution in [0.4, 0.5) is 21.9 Å². The van der Waals surface area contributed by atoms with Crippen molar-refractivity contribution in [1.29, 1.82) is 0 Å². The summed E-state index contributed by atoms with van der Waals surface area (Å²) in [4.78, 5) is 42.4. The molecule has 4 aromatic rings. The van der Waals surface area contributed by atoms with Crippen LogP contribution < -0.4 is 25.6 Å². The average molecular weight is 617 g/mol. The van der Waals surface area contributed by atoms with Gasteiger partial charge in [-0.2, -0.15) is 0 Å². The predicted octanol–water partition coefficient (Wildman–Crippen LogP) is 6.59. The molecule has 0 saturated carbocycles. The average Bonchev–Trinajstić information content (AvgIpc) is 2.91. The standard InChI is InChI=1S/C29H27Cl2N5O4.ClH/c1-17-10-11-19-6-4-9-25(28(19)33-17)40-16-22-23(30)12-13-24(27(22)31)36(3)26(38)15-32-29(39)35-21-8-5-7-20(14-21)34-18(2)37;/h4-14H,15-16H2,1-3H3,(H,34,37)(H2,32,35,39);1H. The molecule has 214 valence electrons. The van der Waals surface area contributed by atoms with Gasteiger partial charge in [0.2, 0.25) is 11.8 Å². The van der Waals surface area contributed by atoms with E-state index in [2.05, 4.69) is 20.9 Å². The predicted molar refractivity (Wildman–Crippen MR) is 166 cm³/mol. The second-order valence-corrected chi connectivity index (χ2v) is 9.74. The number of aromatic nitrogens is 1. The molecule has 0 aliphatic heterocycles. The second-order valence-electron chi connectivity index (χ2n) is 8.95. The molecule has 0 aliphatic rings. The number of anilines is 3. The number of fused-ring (bicyclic) bond motifs is 1. The molecule has 41 heavy (non-hydrogen) atoms. The Morgan fingerprint density at radius 2 is 1.66 bits per heavy atom. The summed E-state index contributed by atoms with van der Waals surface area (Å²) >= 11 is 13.1.